The highest BCUT2D eigenvalue weighted by Gasteiger charge is 2.40. The summed E-state index contributed by atoms with van der Waals surface area (Å²) >= 11 is 0. The van der Waals surface area contributed by atoms with Crippen LogP contribution in [0.25, 0.3) is 0 Å². The van der Waals surface area contributed by atoms with Crippen molar-refractivity contribution in [2.45, 2.75) is 72.6 Å². The van der Waals surface area contributed by atoms with Gasteiger partial charge in [-0.25, -0.2) is 0 Å². The molecule has 0 saturated carbocycles. The first kappa shape index (κ1) is 19.7. The first-order valence-electron chi connectivity index (χ1n) is 8.59. The summed E-state index contributed by atoms with van der Waals surface area (Å²) in [5, 5.41) is 11.3. The van der Waals surface area contributed by atoms with E-state index < -0.39 is 5.60 Å². The van der Waals surface area contributed by atoms with Crippen LogP contribution in [0.2, 0.25) is 0 Å². The second-order valence-corrected chi connectivity index (χ2v) is 7.87. The molecular weight excluding hydrogens is 282 g/mol. The highest BCUT2D eigenvalue weighted by Crippen LogP contribution is 2.41. The second kappa shape index (κ2) is 7.99. The Labute approximate surface area is 142 Å². The van der Waals surface area contributed by atoms with Crippen LogP contribution in [0.1, 0.15) is 60.5 Å². The first-order chi connectivity index (χ1) is 10.6. The Morgan fingerprint density at radius 3 is 1.91 bits per heavy atom. The van der Waals surface area contributed by atoms with Gasteiger partial charge in [-0.1, -0.05) is 62.9 Å². The van der Waals surface area contributed by atoms with E-state index in [0.717, 1.165) is 12.1 Å². The molecule has 1 rings (SSSR count). The Morgan fingerprint density at radius 1 is 0.957 bits per heavy atom. The van der Waals surface area contributed by atoms with Gasteiger partial charge < -0.3 is 5.11 Å². The highest BCUT2D eigenvalue weighted by molar-refractivity contribution is 5.27. The van der Waals surface area contributed by atoms with Gasteiger partial charge in [0.1, 0.15) is 5.60 Å². The minimum atomic E-state index is -0.943. The van der Waals surface area contributed by atoms with Crippen molar-refractivity contribution in [3.05, 3.63) is 35.9 Å². The van der Waals surface area contributed by atoms with Gasteiger partial charge in [0.25, 0.3) is 0 Å². The van der Waals surface area contributed by atoms with Crippen molar-refractivity contribution >= 4 is 0 Å². The minimum absolute atomic E-state index is 0.279. The van der Waals surface area contributed by atoms with Gasteiger partial charge in [-0.2, -0.15) is 0 Å². The molecule has 2 heteroatoms. The molecule has 0 radical (unpaired) electrons. The van der Waals surface area contributed by atoms with Crippen LogP contribution >= 0.6 is 0 Å². The number of nitrogens with zero attached hydrogens (tertiary/aromatic N) is 1. The predicted molar refractivity (Wildman–Crippen MR) is 99.2 cm³/mol. The lowest BCUT2D eigenvalue weighted by Crippen LogP contribution is -2.40. The van der Waals surface area contributed by atoms with E-state index in [0.29, 0.717) is 18.5 Å². The van der Waals surface area contributed by atoms with Crippen molar-refractivity contribution in [1.29, 1.82) is 0 Å². The molecular formula is C21H33NO. The summed E-state index contributed by atoms with van der Waals surface area (Å²) in [6, 6.07) is 10.8. The van der Waals surface area contributed by atoms with E-state index >= 15 is 0 Å². The maximum atomic E-state index is 11.3. The Kier molecular flexibility index (Phi) is 6.86. The Balaban J connectivity index is 2.92. The Bertz CT molecular complexity index is 522. The molecule has 0 fully saturated rings. The van der Waals surface area contributed by atoms with Crippen LogP contribution < -0.4 is 0 Å². The lowest BCUT2D eigenvalue weighted by molar-refractivity contribution is -0.0599. The molecule has 1 aromatic rings. The average molecular weight is 316 g/mol. The van der Waals surface area contributed by atoms with E-state index in [1.54, 1.807) is 0 Å². The molecule has 0 aliphatic heterocycles. The molecule has 2 nitrogen and oxygen atoms in total. The van der Waals surface area contributed by atoms with Gasteiger partial charge in [0.2, 0.25) is 0 Å². The molecule has 0 amide bonds. The molecule has 0 aromatic heterocycles. The molecule has 0 heterocycles. The van der Waals surface area contributed by atoms with Crippen LogP contribution in [0, 0.1) is 17.3 Å². The fourth-order valence-corrected chi connectivity index (χ4v) is 2.81. The summed E-state index contributed by atoms with van der Waals surface area (Å²) in [7, 11) is 0. The molecule has 0 bridgehead atoms. The molecule has 1 atom stereocenters. The van der Waals surface area contributed by atoms with Crippen LogP contribution in [0.5, 0.6) is 0 Å². The number of hydrogen-bond acceptors (Lipinski definition) is 2. The number of aliphatic hydroxyl groups is 1. The molecule has 1 aromatic carbocycles. The zero-order valence-corrected chi connectivity index (χ0v) is 15.9. The lowest BCUT2D eigenvalue weighted by Gasteiger charge is -2.39. The van der Waals surface area contributed by atoms with Gasteiger partial charge >= 0.3 is 0 Å². The normalized spacial score (nSPS) is 14.7. The van der Waals surface area contributed by atoms with Gasteiger partial charge in [0, 0.05) is 18.5 Å². The Morgan fingerprint density at radius 2 is 1.48 bits per heavy atom. The van der Waals surface area contributed by atoms with Crippen LogP contribution in [0.15, 0.2) is 30.3 Å². The summed E-state index contributed by atoms with van der Waals surface area (Å²) < 4.78 is 0. The molecule has 0 saturated heterocycles. The van der Waals surface area contributed by atoms with Gasteiger partial charge in [-0.15, -0.1) is 0 Å². The lowest BCUT2D eigenvalue weighted by atomic mass is 9.70. The van der Waals surface area contributed by atoms with Gasteiger partial charge in [-0.3, -0.25) is 4.90 Å². The standard InChI is InChI=1S/C21H33NO/c1-17(2)22(18(3)4)16-12-11-15-21(23,20(5,6)7)19-13-9-8-10-14-19/h8-10,13-14,17-18,23H,15-16H2,1-7H3/t21-/m1/s1. The molecule has 128 valence electrons. The summed E-state index contributed by atoms with van der Waals surface area (Å²) in [6.45, 7) is 15.7. The molecule has 0 aliphatic rings. The van der Waals surface area contributed by atoms with Gasteiger partial charge in [0.15, 0.2) is 0 Å². The quantitative estimate of drug-likeness (QED) is 0.812. The maximum Gasteiger partial charge on any atom is 0.105 e. The van der Waals surface area contributed by atoms with E-state index in [-0.39, 0.29) is 5.41 Å². The third-order valence-corrected chi connectivity index (χ3v) is 4.55. The van der Waals surface area contributed by atoms with Crippen molar-refractivity contribution in [3.63, 3.8) is 0 Å². The third-order valence-electron chi connectivity index (χ3n) is 4.55. The molecule has 0 aliphatic carbocycles. The van der Waals surface area contributed by atoms with E-state index in [1.165, 1.54) is 0 Å². The van der Waals surface area contributed by atoms with Crippen LogP contribution in [-0.4, -0.2) is 28.6 Å². The van der Waals surface area contributed by atoms with Gasteiger partial charge in [0.05, 0.1) is 6.54 Å². The molecule has 1 N–H and O–H groups in total. The summed E-state index contributed by atoms with van der Waals surface area (Å²) in [6.07, 6.45) is 0.449. The number of hydrogen-bond donors (Lipinski definition) is 1. The van der Waals surface area contributed by atoms with E-state index in [9.17, 15) is 5.11 Å². The number of benzene rings is 1. The smallest absolute Gasteiger partial charge is 0.105 e. The number of rotatable bonds is 5. The maximum absolute atomic E-state index is 11.3. The largest absolute Gasteiger partial charge is 0.384 e. The highest BCUT2D eigenvalue weighted by atomic mass is 16.3. The second-order valence-electron chi connectivity index (χ2n) is 7.87. The Hall–Kier alpha value is -1.30. The van der Waals surface area contributed by atoms with Crippen molar-refractivity contribution in [1.82, 2.24) is 4.90 Å². The van der Waals surface area contributed by atoms with E-state index in [4.69, 9.17) is 0 Å². The molecule has 0 unspecified atom stereocenters. The summed E-state index contributed by atoms with van der Waals surface area (Å²) in [5.74, 6) is 6.49. The van der Waals surface area contributed by atoms with Crippen LogP contribution in [-0.2, 0) is 5.60 Å². The van der Waals surface area contributed by atoms with Crippen LogP contribution in [0.3, 0.4) is 0 Å². The van der Waals surface area contributed by atoms with Crippen molar-refractivity contribution in [3.8, 4) is 11.8 Å². The molecule has 0 spiro atoms. The minimum Gasteiger partial charge on any atom is -0.384 e. The topological polar surface area (TPSA) is 23.5 Å². The van der Waals surface area contributed by atoms with E-state index in [1.807, 2.05) is 30.3 Å². The SMILES string of the molecule is CC(C)N(CC#CC[C@@](O)(c1ccccc1)C(C)(C)C)C(C)C. The zero-order chi connectivity index (χ0) is 17.7. The third kappa shape index (κ3) is 5.09. The first-order valence-corrected chi connectivity index (χ1v) is 8.59. The summed E-state index contributed by atoms with van der Waals surface area (Å²) in [5.41, 5.74) is -0.285. The van der Waals surface area contributed by atoms with Crippen molar-refractivity contribution in [2.75, 3.05) is 6.54 Å². The monoisotopic (exact) mass is 315 g/mol. The van der Waals surface area contributed by atoms with Crippen molar-refractivity contribution < 1.29 is 5.11 Å². The fourth-order valence-electron chi connectivity index (χ4n) is 2.81. The van der Waals surface area contributed by atoms with Gasteiger partial charge in [-0.05, 0) is 38.7 Å². The average Bonchev–Trinajstić information content (AvgIpc) is 2.45. The fraction of sp³-hybridized carbons (Fsp3) is 0.619. The zero-order valence-electron chi connectivity index (χ0n) is 15.9. The van der Waals surface area contributed by atoms with E-state index in [2.05, 4.69) is 65.2 Å². The summed E-state index contributed by atoms with van der Waals surface area (Å²) in [4.78, 5) is 2.35. The predicted octanol–water partition coefficient (Wildman–Crippen LogP) is 4.43. The van der Waals surface area contributed by atoms with Crippen molar-refractivity contribution in [2.24, 2.45) is 5.41 Å². The molecule has 23 heavy (non-hydrogen) atoms. The van der Waals surface area contributed by atoms with Crippen LogP contribution in [0.4, 0.5) is 0 Å².